The Bertz CT molecular complexity index is 287. The molecule has 1 aromatic rings. The Morgan fingerprint density at radius 3 is 1.71 bits per heavy atom. The molecule has 0 atom stereocenters. The lowest BCUT2D eigenvalue weighted by atomic mass is 10.2. The van der Waals surface area contributed by atoms with E-state index < -0.39 is 0 Å². The van der Waals surface area contributed by atoms with Crippen LogP contribution in [0.4, 0.5) is 5.69 Å². The fraction of sp³-hybridized carbons (Fsp3) is 0.400. The minimum absolute atomic E-state index is 0.586. The van der Waals surface area contributed by atoms with Gasteiger partial charge in [-0.3, -0.25) is 0 Å². The van der Waals surface area contributed by atoms with Crippen LogP contribution < -0.4 is 14.2 Å². The largest absolute Gasteiger partial charge is 0.687 e. The summed E-state index contributed by atoms with van der Waals surface area (Å²) in [5, 5.41) is 4.05. The van der Waals surface area contributed by atoms with E-state index in [4.69, 9.17) is 14.2 Å². The molecule has 14 heavy (non-hydrogen) atoms. The van der Waals surface area contributed by atoms with E-state index in [2.05, 4.69) is 5.32 Å². The Morgan fingerprint density at radius 1 is 0.929 bits per heavy atom. The summed E-state index contributed by atoms with van der Waals surface area (Å²) < 4.78 is 15.5. The molecule has 0 aliphatic carbocycles. The molecule has 1 rings (SSSR count). The first-order valence-electron chi connectivity index (χ1n) is 4.16. The van der Waals surface area contributed by atoms with Gasteiger partial charge in [-0.25, -0.2) is 0 Å². The number of rotatable bonds is 4. The number of nitrogens with zero attached hydrogens (tertiary/aromatic N) is 1. The van der Waals surface area contributed by atoms with E-state index in [1.165, 1.54) is 0 Å². The number of benzene rings is 1. The number of hydrogen-bond donors (Lipinski definition) is 0. The molecule has 0 heterocycles. The van der Waals surface area contributed by atoms with E-state index in [0.717, 1.165) is 5.69 Å². The molecule has 0 unspecified atom stereocenters. The molecule has 0 aliphatic rings. The molecule has 0 radical (unpaired) electrons. The lowest BCUT2D eigenvalue weighted by molar-refractivity contribution is 0.325. The third kappa shape index (κ3) is 1.84. The van der Waals surface area contributed by atoms with Gasteiger partial charge in [-0.05, 0) is 12.1 Å². The zero-order chi connectivity index (χ0) is 10.6. The van der Waals surface area contributed by atoms with Crippen LogP contribution in [0.1, 0.15) is 0 Å². The monoisotopic (exact) mass is 196 g/mol. The first-order valence-corrected chi connectivity index (χ1v) is 4.16. The van der Waals surface area contributed by atoms with Crippen molar-refractivity contribution in [1.82, 2.24) is 0 Å². The molecule has 0 N–H and O–H groups in total. The lowest BCUT2D eigenvalue weighted by Gasteiger charge is -2.19. The minimum Gasteiger partial charge on any atom is -0.687 e. The number of hydrogen-bond acceptors (Lipinski definition) is 3. The van der Waals surface area contributed by atoms with Gasteiger partial charge in [0.25, 0.3) is 0 Å². The van der Waals surface area contributed by atoms with Crippen LogP contribution >= 0.6 is 0 Å². The molecule has 0 saturated carbocycles. The number of ether oxygens (including phenoxy) is 3. The summed E-state index contributed by atoms with van der Waals surface area (Å²) >= 11 is 0. The molecule has 0 amide bonds. The van der Waals surface area contributed by atoms with Crippen LogP contribution in [0.25, 0.3) is 5.32 Å². The van der Waals surface area contributed by atoms with E-state index in [9.17, 15) is 0 Å². The van der Waals surface area contributed by atoms with Crippen LogP contribution in [0.3, 0.4) is 0 Å². The highest BCUT2D eigenvalue weighted by Gasteiger charge is 2.09. The average molecular weight is 196 g/mol. The van der Waals surface area contributed by atoms with Crippen molar-refractivity contribution in [3.8, 4) is 17.2 Å². The molecular formula is C10H14NO3-. The summed E-state index contributed by atoms with van der Waals surface area (Å²) in [4.78, 5) is 0. The maximum atomic E-state index is 5.17. The van der Waals surface area contributed by atoms with Crippen molar-refractivity contribution in [2.45, 2.75) is 0 Å². The molecular weight excluding hydrogens is 182 g/mol. The molecule has 1 aromatic carbocycles. The van der Waals surface area contributed by atoms with Crippen LogP contribution in [-0.4, -0.2) is 28.4 Å². The summed E-state index contributed by atoms with van der Waals surface area (Å²) in [5.74, 6) is 1.82. The normalized spacial score (nSPS) is 9.43. The zero-order valence-electron chi connectivity index (χ0n) is 8.83. The third-order valence-corrected chi connectivity index (χ3v) is 1.91. The summed E-state index contributed by atoms with van der Waals surface area (Å²) in [7, 11) is 6.44. The minimum atomic E-state index is 0.586. The Balaban J connectivity index is 3.24. The van der Waals surface area contributed by atoms with Crippen molar-refractivity contribution in [1.29, 1.82) is 0 Å². The maximum absolute atomic E-state index is 5.17. The molecule has 0 aromatic heterocycles. The van der Waals surface area contributed by atoms with E-state index in [1.807, 2.05) is 0 Å². The van der Waals surface area contributed by atoms with Gasteiger partial charge in [-0.15, -0.1) is 12.7 Å². The van der Waals surface area contributed by atoms with Gasteiger partial charge >= 0.3 is 0 Å². The third-order valence-electron chi connectivity index (χ3n) is 1.91. The van der Waals surface area contributed by atoms with Crippen LogP contribution in [0, 0.1) is 0 Å². The van der Waals surface area contributed by atoms with Crippen LogP contribution in [0.5, 0.6) is 17.2 Å². The first kappa shape index (κ1) is 10.5. The van der Waals surface area contributed by atoms with Gasteiger partial charge in [-0.2, -0.15) is 0 Å². The fourth-order valence-electron chi connectivity index (χ4n) is 1.20. The number of methoxy groups -OCH3 is 3. The summed E-state index contributed by atoms with van der Waals surface area (Å²) in [6, 6.07) is 3.59. The Hall–Kier alpha value is -1.58. The standard InChI is InChI=1S/C10H14NO3/c1-11-7-5-8(12-2)10(14-4)9(6-7)13-3/h5-6H,1-4H3/q-1. The van der Waals surface area contributed by atoms with Crippen molar-refractivity contribution >= 4 is 5.69 Å². The Kier molecular flexibility index (Phi) is 3.45. The second kappa shape index (κ2) is 4.60. The molecule has 4 heteroatoms. The molecule has 4 nitrogen and oxygen atoms in total. The second-order valence-corrected chi connectivity index (χ2v) is 2.61. The smallest absolute Gasteiger partial charge is 0.203 e. The van der Waals surface area contributed by atoms with Gasteiger partial charge in [0.2, 0.25) is 5.75 Å². The zero-order valence-corrected chi connectivity index (χ0v) is 8.83. The van der Waals surface area contributed by atoms with Crippen molar-refractivity contribution < 1.29 is 14.2 Å². The van der Waals surface area contributed by atoms with E-state index in [0.29, 0.717) is 17.2 Å². The fourth-order valence-corrected chi connectivity index (χ4v) is 1.20. The highest BCUT2D eigenvalue weighted by molar-refractivity contribution is 5.64. The topological polar surface area (TPSA) is 41.8 Å². The maximum Gasteiger partial charge on any atom is 0.203 e. The highest BCUT2D eigenvalue weighted by Crippen LogP contribution is 2.41. The molecule has 0 spiro atoms. The van der Waals surface area contributed by atoms with Gasteiger partial charge in [-0.1, -0.05) is 0 Å². The second-order valence-electron chi connectivity index (χ2n) is 2.61. The Labute approximate surface area is 83.8 Å². The van der Waals surface area contributed by atoms with Crippen LogP contribution in [0.2, 0.25) is 0 Å². The predicted octanol–water partition coefficient (Wildman–Crippen LogP) is 2.35. The van der Waals surface area contributed by atoms with E-state index >= 15 is 0 Å². The van der Waals surface area contributed by atoms with Crippen molar-refractivity contribution in [3.05, 3.63) is 17.4 Å². The van der Waals surface area contributed by atoms with Crippen LogP contribution in [0.15, 0.2) is 12.1 Å². The van der Waals surface area contributed by atoms with Crippen LogP contribution in [-0.2, 0) is 0 Å². The lowest BCUT2D eigenvalue weighted by Crippen LogP contribution is -1.94. The van der Waals surface area contributed by atoms with Gasteiger partial charge in [0.1, 0.15) is 0 Å². The van der Waals surface area contributed by atoms with E-state index in [-0.39, 0.29) is 0 Å². The van der Waals surface area contributed by atoms with E-state index in [1.54, 1.807) is 40.5 Å². The van der Waals surface area contributed by atoms with Crippen molar-refractivity contribution in [2.75, 3.05) is 28.4 Å². The molecule has 0 bridgehead atoms. The molecule has 0 saturated heterocycles. The van der Waals surface area contributed by atoms with Gasteiger partial charge < -0.3 is 19.5 Å². The first-order chi connectivity index (χ1) is 6.76. The quantitative estimate of drug-likeness (QED) is 0.742. The Morgan fingerprint density at radius 2 is 1.43 bits per heavy atom. The van der Waals surface area contributed by atoms with Crippen molar-refractivity contribution in [2.24, 2.45) is 0 Å². The predicted molar refractivity (Wildman–Crippen MR) is 55.0 cm³/mol. The molecule has 78 valence electrons. The summed E-state index contributed by atoms with van der Waals surface area (Å²) in [6.45, 7) is 0. The van der Waals surface area contributed by atoms with Gasteiger partial charge in [0.15, 0.2) is 11.5 Å². The van der Waals surface area contributed by atoms with Crippen molar-refractivity contribution in [3.63, 3.8) is 0 Å². The van der Waals surface area contributed by atoms with Gasteiger partial charge in [0.05, 0.1) is 21.3 Å². The summed E-state index contributed by atoms with van der Waals surface area (Å²) in [6.07, 6.45) is 0. The molecule has 0 aliphatic heterocycles. The highest BCUT2D eigenvalue weighted by atomic mass is 16.5. The SMILES string of the molecule is C[N-]c1cc(OC)c(OC)c(OC)c1. The average Bonchev–Trinajstić information content (AvgIpc) is 2.26. The molecule has 0 fully saturated rings. The van der Waals surface area contributed by atoms with Gasteiger partial charge in [0, 0.05) is 0 Å². The summed E-state index contributed by atoms with van der Waals surface area (Å²) in [5.41, 5.74) is 0.791.